The van der Waals surface area contributed by atoms with Gasteiger partial charge in [0.2, 0.25) is 12.6 Å². The number of nitriles is 1. The maximum Gasteiger partial charge on any atom is 0.375 e. The van der Waals surface area contributed by atoms with Crippen LogP contribution in [0.2, 0.25) is 0 Å². The average molecular weight is 622 g/mol. The third-order valence-corrected chi connectivity index (χ3v) is 10.8. The Balaban J connectivity index is 1.57. The van der Waals surface area contributed by atoms with Crippen molar-refractivity contribution in [2.24, 2.45) is 0 Å². The summed E-state index contributed by atoms with van der Waals surface area (Å²) in [5.74, 6) is -0.855. The normalized spacial score (nSPS) is 28.7. The minimum absolute atomic E-state index is 0.0240. The van der Waals surface area contributed by atoms with Gasteiger partial charge in [0.1, 0.15) is 18.4 Å². The summed E-state index contributed by atoms with van der Waals surface area (Å²) in [6.45, 7) is 4.65. The van der Waals surface area contributed by atoms with Crippen LogP contribution in [0.25, 0.3) is 0 Å². The number of benzene rings is 2. The lowest BCUT2D eigenvalue weighted by molar-refractivity contribution is -0.157. The summed E-state index contributed by atoms with van der Waals surface area (Å²) in [6, 6.07) is 1.81. The number of carbonyl (C=O) groups excluding carboxylic acids is 3. The van der Waals surface area contributed by atoms with Crippen molar-refractivity contribution in [1.82, 2.24) is 9.80 Å². The minimum Gasteiger partial charge on any atom is -0.504 e. The summed E-state index contributed by atoms with van der Waals surface area (Å²) in [4.78, 5) is 42.3. The van der Waals surface area contributed by atoms with E-state index in [-0.39, 0.29) is 30.9 Å². The van der Waals surface area contributed by atoms with Gasteiger partial charge in [0.05, 0.1) is 36.3 Å². The number of aryl methyl sites for hydroxylation is 1. The van der Waals surface area contributed by atoms with Gasteiger partial charge in [0.25, 0.3) is 0 Å². The van der Waals surface area contributed by atoms with Crippen LogP contribution in [0.1, 0.15) is 57.6 Å². The number of Topliss-reactive ketones (excluding diaryl/α,β-unsaturated/α-hetero) is 1. The van der Waals surface area contributed by atoms with Gasteiger partial charge in [-0.05, 0) is 38.4 Å². The third kappa shape index (κ3) is 3.87. The second kappa shape index (κ2) is 10.3. The van der Waals surface area contributed by atoms with Crippen molar-refractivity contribution in [3.63, 3.8) is 0 Å². The molecule has 230 valence electrons. The van der Waals surface area contributed by atoms with Crippen LogP contribution in [0.3, 0.4) is 0 Å². The zero-order valence-electron chi connectivity index (χ0n) is 24.8. The van der Waals surface area contributed by atoms with Crippen LogP contribution in [-0.4, -0.2) is 84.1 Å². The smallest absolute Gasteiger partial charge is 0.375 e. The van der Waals surface area contributed by atoms with E-state index >= 15 is 0 Å². The summed E-state index contributed by atoms with van der Waals surface area (Å²) in [6.07, 6.45) is 0.488. The van der Waals surface area contributed by atoms with Crippen LogP contribution >= 0.6 is 11.8 Å². The second-order valence-corrected chi connectivity index (χ2v) is 12.9. The zero-order chi connectivity index (χ0) is 31.2. The molecule has 1 N–H and O–H groups in total. The van der Waals surface area contributed by atoms with E-state index in [1.807, 2.05) is 20.0 Å². The molecular formula is C31H31N3O9S. The Morgan fingerprint density at radius 3 is 2.59 bits per heavy atom. The number of cyclic esters (lactones) is 1. The predicted octanol–water partition coefficient (Wildman–Crippen LogP) is 2.80. The standard InChI is InChI=1S/C31H31N3O9S/c1-12-6-15-7-16-17(8-32)34-18-9-40-31(38)19(36)10-44-30(24(34)23(33(16)4)20(15)25(37)26(12)39-5)22-21(18)29-28(41-11-42-29)13(2)27(22)43-14(3)35/h6,16-18,23-24,30,37H,7,9-11H2,1-5H3/t16-,17+,18+,23+,24+,30-/m1/s1. The number of phenolic OH excluding ortho intramolecular Hbond substituents is 1. The maximum atomic E-state index is 12.9. The fourth-order valence-electron chi connectivity index (χ4n) is 7.90. The number of aromatic hydroxyl groups is 1. The molecule has 2 fully saturated rings. The highest BCUT2D eigenvalue weighted by atomic mass is 32.2. The van der Waals surface area contributed by atoms with Crippen molar-refractivity contribution in [3.05, 3.63) is 39.4 Å². The summed E-state index contributed by atoms with van der Waals surface area (Å²) in [5, 5.41) is 21.9. The summed E-state index contributed by atoms with van der Waals surface area (Å²) in [5.41, 5.74) is 4.16. The fraction of sp³-hybridized carbons (Fsp3) is 0.484. The monoisotopic (exact) mass is 621 g/mol. The van der Waals surface area contributed by atoms with Gasteiger partial charge >= 0.3 is 11.9 Å². The topological polar surface area (TPSA) is 148 Å². The molecule has 0 spiro atoms. The van der Waals surface area contributed by atoms with E-state index in [4.69, 9.17) is 23.7 Å². The number of ketones is 1. The van der Waals surface area contributed by atoms with Crippen molar-refractivity contribution in [1.29, 1.82) is 5.26 Å². The number of phenols is 1. The zero-order valence-corrected chi connectivity index (χ0v) is 25.6. The Morgan fingerprint density at radius 2 is 1.89 bits per heavy atom. The van der Waals surface area contributed by atoms with E-state index in [2.05, 4.69) is 15.9 Å². The molecule has 0 aromatic heterocycles. The van der Waals surface area contributed by atoms with Crippen LogP contribution in [0, 0.1) is 25.2 Å². The minimum atomic E-state index is -0.949. The molecule has 0 aliphatic carbocycles. The molecular weight excluding hydrogens is 590 g/mol. The Bertz CT molecular complexity index is 1690. The second-order valence-electron chi connectivity index (χ2n) is 11.8. The molecule has 12 nitrogen and oxygen atoms in total. The molecule has 0 saturated carbocycles. The molecule has 4 bridgehead atoms. The van der Waals surface area contributed by atoms with Crippen molar-refractivity contribution < 1.29 is 43.2 Å². The molecule has 0 radical (unpaired) electrons. The van der Waals surface area contributed by atoms with E-state index < -0.39 is 47.1 Å². The van der Waals surface area contributed by atoms with E-state index in [1.165, 1.54) is 25.8 Å². The van der Waals surface area contributed by atoms with Gasteiger partial charge in [-0.2, -0.15) is 5.26 Å². The quantitative estimate of drug-likeness (QED) is 0.298. The molecule has 2 saturated heterocycles. The molecule has 2 aromatic carbocycles. The van der Waals surface area contributed by atoms with Gasteiger partial charge in [-0.25, -0.2) is 4.79 Å². The van der Waals surface area contributed by atoms with Crippen LogP contribution in [0.15, 0.2) is 6.07 Å². The molecule has 2 aromatic rings. The molecule has 7 rings (SSSR count). The number of methoxy groups -OCH3 is 1. The molecule has 0 unspecified atom stereocenters. The van der Waals surface area contributed by atoms with E-state index in [0.29, 0.717) is 51.7 Å². The molecule has 5 heterocycles. The maximum absolute atomic E-state index is 12.9. The van der Waals surface area contributed by atoms with Crippen molar-refractivity contribution in [2.75, 3.05) is 33.3 Å². The third-order valence-electron chi connectivity index (χ3n) is 9.54. The Labute approximate surface area is 257 Å². The number of rotatable bonds is 2. The number of ether oxygens (including phenoxy) is 5. The number of esters is 2. The SMILES string of the molecule is COc1c(C)cc2c(c1O)[C@H]1[C@H]3[C@@H]4SCC(=O)C(=O)OC[C@@H](c5c6c(c(C)c(OC(C)=O)c54)OCO6)N3[C@@H](C#N)[C@@H](C2)N1C. The van der Waals surface area contributed by atoms with Gasteiger partial charge in [0.15, 0.2) is 23.0 Å². The van der Waals surface area contributed by atoms with Gasteiger partial charge in [-0.1, -0.05) is 6.07 Å². The number of likely N-dealkylation sites (N-methyl/N-ethyl adjacent to an activating group) is 1. The van der Waals surface area contributed by atoms with Crippen LogP contribution < -0.4 is 18.9 Å². The first-order chi connectivity index (χ1) is 21.1. The summed E-state index contributed by atoms with van der Waals surface area (Å²) < 4.78 is 29.0. The number of carbonyl (C=O) groups is 3. The first-order valence-corrected chi connectivity index (χ1v) is 15.4. The van der Waals surface area contributed by atoms with Crippen LogP contribution in [0.5, 0.6) is 28.7 Å². The van der Waals surface area contributed by atoms with E-state index in [1.54, 1.807) is 6.92 Å². The predicted molar refractivity (Wildman–Crippen MR) is 155 cm³/mol. The van der Waals surface area contributed by atoms with Crippen molar-refractivity contribution in [2.45, 2.75) is 62.7 Å². The highest BCUT2D eigenvalue weighted by Gasteiger charge is 2.60. The molecule has 13 heteroatoms. The van der Waals surface area contributed by atoms with Crippen molar-refractivity contribution >= 4 is 29.5 Å². The molecule has 0 amide bonds. The fourth-order valence-corrected chi connectivity index (χ4v) is 9.23. The van der Waals surface area contributed by atoms with Crippen molar-refractivity contribution in [3.8, 4) is 34.8 Å². The first kappa shape index (κ1) is 28.8. The van der Waals surface area contributed by atoms with E-state index in [9.17, 15) is 24.8 Å². The Hall–Kier alpha value is -3.99. The average Bonchev–Trinajstić information content (AvgIpc) is 3.47. The van der Waals surface area contributed by atoms with E-state index in [0.717, 1.165) is 11.1 Å². The number of nitrogens with zero attached hydrogens (tertiary/aromatic N) is 3. The molecule has 5 aliphatic rings. The number of fused-ring (bicyclic) bond motifs is 9. The van der Waals surface area contributed by atoms with Gasteiger partial charge in [-0.3, -0.25) is 19.4 Å². The van der Waals surface area contributed by atoms with Gasteiger partial charge < -0.3 is 28.8 Å². The number of hydrogen-bond acceptors (Lipinski definition) is 13. The summed E-state index contributed by atoms with van der Waals surface area (Å²) >= 11 is 1.22. The lowest BCUT2D eigenvalue weighted by Crippen LogP contribution is -2.69. The lowest BCUT2D eigenvalue weighted by atomic mass is 9.71. The number of piperazine rings is 1. The Morgan fingerprint density at radius 1 is 1.14 bits per heavy atom. The molecule has 5 aliphatic heterocycles. The lowest BCUT2D eigenvalue weighted by Gasteiger charge is -2.61. The molecule has 6 atom stereocenters. The number of hydrogen-bond donors (Lipinski definition) is 1. The number of thioether (sulfide) groups is 1. The highest BCUT2D eigenvalue weighted by Crippen LogP contribution is 2.63. The van der Waals surface area contributed by atoms with Crippen LogP contribution in [-0.2, 0) is 25.5 Å². The van der Waals surface area contributed by atoms with Crippen LogP contribution in [0.4, 0.5) is 0 Å². The molecule has 44 heavy (non-hydrogen) atoms. The Kier molecular flexibility index (Phi) is 6.73. The largest absolute Gasteiger partial charge is 0.504 e. The summed E-state index contributed by atoms with van der Waals surface area (Å²) in [7, 11) is 3.45. The first-order valence-electron chi connectivity index (χ1n) is 14.3. The highest BCUT2D eigenvalue weighted by molar-refractivity contribution is 8.00. The van der Waals surface area contributed by atoms with Gasteiger partial charge in [-0.15, -0.1) is 11.8 Å². The van der Waals surface area contributed by atoms with Gasteiger partial charge in [0, 0.05) is 41.3 Å².